The molecule has 210 valence electrons. The van der Waals surface area contributed by atoms with Crippen LogP contribution in [-0.4, -0.2) is 18.2 Å². The predicted octanol–water partition coefficient (Wildman–Crippen LogP) is 8.92. The summed E-state index contributed by atoms with van der Waals surface area (Å²) in [5.74, 6) is 1.39. The van der Waals surface area contributed by atoms with Gasteiger partial charge in [-0.2, -0.15) is 13.2 Å². The van der Waals surface area contributed by atoms with Crippen LogP contribution in [0.2, 0.25) is 0 Å². The fourth-order valence-corrected chi connectivity index (χ4v) is 4.98. The summed E-state index contributed by atoms with van der Waals surface area (Å²) in [6.45, 7) is 5.46. The summed E-state index contributed by atoms with van der Waals surface area (Å²) in [6.07, 6.45) is -2.39. The van der Waals surface area contributed by atoms with Gasteiger partial charge >= 0.3 is 6.18 Å². The van der Waals surface area contributed by atoms with Crippen molar-refractivity contribution in [2.75, 3.05) is 18.5 Å². The van der Waals surface area contributed by atoms with E-state index in [-0.39, 0.29) is 5.52 Å². The first-order chi connectivity index (χ1) is 19.9. The second kappa shape index (κ2) is 12.3. The summed E-state index contributed by atoms with van der Waals surface area (Å²) in [5, 5.41) is 3.92. The Balaban J connectivity index is 1.52. The normalized spacial score (nSPS) is 11.4. The lowest BCUT2D eigenvalue weighted by atomic mass is 9.91. The molecule has 0 aliphatic rings. The molecular weight excluding hydrogens is 525 g/mol. The molecule has 0 aliphatic heterocycles. The SMILES string of the molecule is CCOc1ccc(CNc2cccc(-c3c(Cc4ccccc4)cnc4c(C(F)(F)F)cccc34)c2)cc1OCC. The van der Waals surface area contributed by atoms with Gasteiger partial charge in [-0.3, -0.25) is 4.98 Å². The maximum absolute atomic E-state index is 13.9. The van der Waals surface area contributed by atoms with Gasteiger partial charge in [-0.15, -0.1) is 0 Å². The van der Waals surface area contributed by atoms with Crippen LogP contribution in [0.3, 0.4) is 0 Å². The fourth-order valence-electron chi connectivity index (χ4n) is 4.98. The molecule has 41 heavy (non-hydrogen) atoms. The summed E-state index contributed by atoms with van der Waals surface area (Å²) < 4.78 is 53.1. The largest absolute Gasteiger partial charge is 0.490 e. The number of benzene rings is 4. The zero-order valence-electron chi connectivity index (χ0n) is 23.0. The third-order valence-corrected chi connectivity index (χ3v) is 6.77. The Morgan fingerprint density at radius 3 is 2.27 bits per heavy atom. The predicted molar refractivity (Wildman–Crippen MR) is 158 cm³/mol. The molecule has 5 aromatic rings. The first-order valence-electron chi connectivity index (χ1n) is 13.6. The monoisotopic (exact) mass is 556 g/mol. The van der Waals surface area contributed by atoms with Gasteiger partial charge in [0, 0.05) is 23.8 Å². The zero-order chi connectivity index (χ0) is 28.8. The smallest absolute Gasteiger partial charge is 0.418 e. The Morgan fingerprint density at radius 2 is 1.51 bits per heavy atom. The number of pyridine rings is 1. The van der Waals surface area contributed by atoms with E-state index in [0.29, 0.717) is 43.1 Å². The van der Waals surface area contributed by atoms with Crippen molar-refractivity contribution in [1.82, 2.24) is 4.98 Å². The third kappa shape index (κ3) is 6.46. The first-order valence-corrected chi connectivity index (χ1v) is 13.6. The molecule has 0 radical (unpaired) electrons. The molecular formula is C34H31F3N2O2. The Bertz CT molecular complexity index is 1640. The molecule has 0 aliphatic carbocycles. The van der Waals surface area contributed by atoms with E-state index in [2.05, 4.69) is 10.3 Å². The van der Waals surface area contributed by atoms with Crippen LogP contribution < -0.4 is 14.8 Å². The lowest BCUT2D eigenvalue weighted by Gasteiger charge is -2.17. The highest BCUT2D eigenvalue weighted by Gasteiger charge is 2.33. The van der Waals surface area contributed by atoms with Crippen LogP contribution in [0.5, 0.6) is 11.5 Å². The number of nitrogens with one attached hydrogen (secondary N) is 1. The minimum atomic E-state index is -4.51. The van der Waals surface area contributed by atoms with Crippen molar-refractivity contribution in [3.05, 3.63) is 119 Å². The summed E-state index contributed by atoms with van der Waals surface area (Å²) in [5.41, 5.74) is 4.53. The van der Waals surface area contributed by atoms with Crippen molar-refractivity contribution < 1.29 is 22.6 Å². The number of alkyl halides is 3. The maximum atomic E-state index is 13.9. The van der Waals surface area contributed by atoms with Gasteiger partial charge in [-0.25, -0.2) is 0 Å². The fraction of sp³-hybridized carbons (Fsp3) is 0.206. The lowest BCUT2D eigenvalue weighted by Crippen LogP contribution is -2.07. The van der Waals surface area contributed by atoms with Crippen LogP contribution in [0.1, 0.15) is 36.1 Å². The Morgan fingerprint density at radius 1 is 0.756 bits per heavy atom. The number of anilines is 1. The highest BCUT2D eigenvalue weighted by molar-refractivity contribution is 5.98. The number of fused-ring (bicyclic) bond motifs is 1. The van der Waals surface area contributed by atoms with Crippen molar-refractivity contribution in [2.45, 2.75) is 33.0 Å². The van der Waals surface area contributed by atoms with E-state index in [4.69, 9.17) is 9.47 Å². The number of aromatic nitrogens is 1. The molecule has 0 saturated carbocycles. The minimum absolute atomic E-state index is 0.0528. The molecule has 1 heterocycles. The maximum Gasteiger partial charge on any atom is 0.418 e. The van der Waals surface area contributed by atoms with Gasteiger partial charge < -0.3 is 14.8 Å². The summed E-state index contributed by atoms with van der Waals surface area (Å²) in [6, 6.07) is 27.7. The van der Waals surface area contributed by atoms with Gasteiger partial charge in [-0.1, -0.05) is 60.7 Å². The number of ether oxygens (including phenoxy) is 2. The van der Waals surface area contributed by atoms with E-state index >= 15 is 0 Å². The standard InChI is InChI=1S/C34H31F3N2O2/c1-3-40-30-17-16-24(19-31(30)41-4-2)21-38-27-13-8-12-25(20-27)32-26(18-23-10-6-5-7-11-23)22-39-33-28(32)14-9-15-29(33)34(35,36)37/h5-17,19-20,22,38H,3-4,18,21H2,1-2H3. The highest BCUT2D eigenvalue weighted by atomic mass is 19.4. The van der Waals surface area contributed by atoms with Gasteiger partial charge in [0.2, 0.25) is 0 Å². The highest BCUT2D eigenvalue weighted by Crippen LogP contribution is 2.39. The van der Waals surface area contributed by atoms with Gasteiger partial charge in [0.25, 0.3) is 0 Å². The van der Waals surface area contributed by atoms with Gasteiger partial charge in [0.15, 0.2) is 11.5 Å². The average molecular weight is 557 g/mol. The lowest BCUT2D eigenvalue weighted by molar-refractivity contribution is -0.136. The van der Waals surface area contributed by atoms with Crippen molar-refractivity contribution in [1.29, 1.82) is 0 Å². The Kier molecular flexibility index (Phi) is 8.43. The molecule has 0 fully saturated rings. The molecule has 0 bridgehead atoms. The molecule has 0 atom stereocenters. The Labute approximate surface area is 237 Å². The molecule has 4 aromatic carbocycles. The van der Waals surface area contributed by atoms with E-state index in [1.54, 1.807) is 12.3 Å². The van der Waals surface area contributed by atoms with Crippen molar-refractivity contribution in [2.24, 2.45) is 0 Å². The number of nitrogens with zero attached hydrogens (tertiary/aromatic N) is 1. The summed E-state index contributed by atoms with van der Waals surface area (Å²) in [4.78, 5) is 4.31. The second-order valence-corrected chi connectivity index (χ2v) is 9.60. The Hall–Kier alpha value is -4.52. The first kappa shape index (κ1) is 28.0. The van der Waals surface area contributed by atoms with E-state index < -0.39 is 11.7 Å². The van der Waals surface area contributed by atoms with Crippen molar-refractivity contribution in [3.8, 4) is 22.6 Å². The van der Waals surface area contributed by atoms with Crippen LogP contribution in [0.4, 0.5) is 18.9 Å². The van der Waals surface area contributed by atoms with Crippen LogP contribution in [-0.2, 0) is 19.1 Å². The second-order valence-electron chi connectivity index (χ2n) is 9.60. The van der Waals surface area contributed by atoms with Gasteiger partial charge in [0.1, 0.15) is 0 Å². The molecule has 0 amide bonds. The number of rotatable bonds is 10. The number of halogens is 3. The zero-order valence-corrected chi connectivity index (χ0v) is 23.0. The molecule has 4 nitrogen and oxygen atoms in total. The molecule has 5 rings (SSSR count). The molecule has 0 unspecified atom stereocenters. The number of hydrogen-bond donors (Lipinski definition) is 1. The van der Waals surface area contributed by atoms with E-state index in [1.165, 1.54) is 6.07 Å². The minimum Gasteiger partial charge on any atom is -0.490 e. The molecule has 0 saturated heterocycles. The average Bonchev–Trinajstić information content (AvgIpc) is 2.97. The van der Waals surface area contributed by atoms with Crippen molar-refractivity contribution in [3.63, 3.8) is 0 Å². The topological polar surface area (TPSA) is 43.4 Å². The molecule has 1 N–H and O–H groups in total. The van der Waals surface area contributed by atoms with Gasteiger partial charge in [0.05, 0.1) is 24.3 Å². The number of para-hydroxylation sites is 1. The van der Waals surface area contributed by atoms with Crippen molar-refractivity contribution >= 4 is 16.6 Å². The van der Waals surface area contributed by atoms with Crippen LogP contribution in [0.15, 0.2) is 97.2 Å². The van der Waals surface area contributed by atoms with E-state index in [9.17, 15) is 13.2 Å². The third-order valence-electron chi connectivity index (χ3n) is 6.77. The van der Waals surface area contributed by atoms with Crippen LogP contribution >= 0.6 is 0 Å². The summed E-state index contributed by atoms with van der Waals surface area (Å²) in [7, 11) is 0. The quantitative estimate of drug-likeness (QED) is 0.187. The molecule has 7 heteroatoms. The van der Waals surface area contributed by atoms with Crippen LogP contribution in [0.25, 0.3) is 22.0 Å². The van der Waals surface area contributed by atoms with Gasteiger partial charge in [-0.05, 0) is 78.4 Å². The van der Waals surface area contributed by atoms with E-state index in [0.717, 1.165) is 39.6 Å². The number of hydrogen-bond acceptors (Lipinski definition) is 4. The summed E-state index contributed by atoms with van der Waals surface area (Å²) >= 11 is 0. The van der Waals surface area contributed by atoms with Crippen LogP contribution in [0, 0.1) is 0 Å². The van der Waals surface area contributed by atoms with E-state index in [1.807, 2.05) is 86.6 Å². The molecule has 1 aromatic heterocycles. The molecule has 0 spiro atoms.